The summed E-state index contributed by atoms with van der Waals surface area (Å²) in [6, 6.07) is 9.18. The second kappa shape index (κ2) is 8.77. The molecule has 2 rings (SSSR count). The van der Waals surface area contributed by atoms with Crippen LogP contribution < -0.4 is 5.32 Å². The minimum absolute atomic E-state index is 0.234. The Labute approximate surface area is 141 Å². The van der Waals surface area contributed by atoms with Crippen molar-refractivity contribution in [2.24, 2.45) is 0 Å². The molecule has 1 aromatic carbocycles. The topological polar surface area (TPSA) is 83.1 Å². The standard InChI is InChI=1S/C17H23NO6/c1-11(19)18-15-14(10-22-9-13-7-5-4-6-8-13)24-17(21-3)16(15)23-12(2)20/h4-8,14-17H,9-10H2,1-3H3,(H,18,19)/t14-,15-,16+,17+/m1/s1. The van der Waals surface area contributed by atoms with Crippen LogP contribution >= 0.6 is 0 Å². The Bertz CT molecular complexity index is 549. The van der Waals surface area contributed by atoms with Crippen LogP contribution in [0.1, 0.15) is 19.4 Å². The molecule has 1 heterocycles. The largest absolute Gasteiger partial charge is 0.455 e. The number of hydrogen-bond donors (Lipinski definition) is 1. The van der Waals surface area contributed by atoms with Crippen molar-refractivity contribution in [1.29, 1.82) is 0 Å². The Balaban J connectivity index is 1.99. The van der Waals surface area contributed by atoms with Gasteiger partial charge in [0.15, 0.2) is 12.4 Å². The number of carbonyl (C=O) groups is 2. The van der Waals surface area contributed by atoms with Gasteiger partial charge in [-0.05, 0) is 5.56 Å². The van der Waals surface area contributed by atoms with Crippen molar-refractivity contribution in [2.45, 2.75) is 45.0 Å². The average Bonchev–Trinajstić information content (AvgIpc) is 2.85. The molecule has 1 saturated heterocycles. The maximum absolute atomic E-state index is 11.5. The molecular formula is C17H23NO6. The number of nitrogens with one attached hydrogen (secondary N) is 1. The van der Waals surface area contributed by atoms with Crippen molar-refractivity contribution in [3.63, 3.8) is 0 Å². The Morgan fingerprint density at radius 3 is 2.50 bits per heavy atom. The van der Waals surface area contributed by atoms with E-state index in [9.17, 15) is 9.59 Å². The van der Waals surface area contributed by atoms with Gasteiger partial charge in [-0.2, -0.15) is 0 Å². The lowest BCUT2D eigenvalue weighted by Gasteiger charge is -2.23. The first kappa shape index (κ1) is 18.4. The predicted molar refractivity (Wildman–Crippen MR) is 84.9 cm³/mol. The van der Waals surface area contributed by atoms with Gasteiger partial charge in [-0.3, -0.25) is 9.59 Å². The molecule has 1 N–H and O–H groups in total. The normalized spacial score (nSPS) is 26.1. The molecule has 0 spiro atoms. The molecule has 24 heavy (non-hydrogen) atoms. The number of carbonyl (C=O) groups excluding carboxylic acids is 2. The fourth-order valence-corrected chi connectivity index (χ4v) is 2.65. The molecule has 0 saturated carbocycles. The molecule has 7 heteroatoms. The molecule has 1 fully saturated rings. The summed E-state index contributed by atoms with van der Waals surface area (Å²) in [5, 5.41) is 2.76. The van der Waals surface area contributed by atoms with Crippen molar-refractivity contribution in [2.75, 3.05) is 13.7 Å². The Morgan fingerprint density at radius 2 is 1.92 bits per heavy atom. The molecule has 0 bridgehead atoms. The Hall–Kier alpha value is -1.96. The lowest BCUT2D eigenvalue weighted by Crippen LogP contribution is -2.49. The minimum Gasteiger partial charge on any atom is -0.455 e. The van der Waals surface area contributed by atoms with Crippen LogP contribution in [0.15, 0.2) is 30.3 Å². The second-order valence-electron chi connectivity index (χ2n) is 5.58. The highest BCUT2D eigenvalue weighted by atomic mass is 16.7. The van der Waals surface area contributed by atoms with Crippen LogP contribution in [0, 0.1) is 0 Å². The maximum Gasteiger partial charge on any atom is 0.303 e. The summed E-state index contributed by atoms with van der Waals surface area (Å²) in [7, 11) is 1.46. The van der Waals surface area contributed by atoms with Gasteiger partial charge in [0.2, 0.25) is 5.91 Å². The number of ether oxygens (including phenoxy) is 4. The van der Waals surface area contributed by atoms with Gasteiger partial charge in [-0.15, -0.1) is 0 Å². The van der Waals surface area contributed by atoms with Gasteiger partial charge in [0.05, 0.1) is 19.3 Å². The minimum atomic E-state index is -0.754. The number of benzene rings is 1. The summed E-state index contributed by atoms with van der Waals surface area (Å²) in [6.45, 7) is 3.35. The summed E-state index contributed by atoms with van der Waals surface area (Å²) in [6.07, 6.45) is -1.95. The van der Waals surface area contributed by atoms with E-state index < -0.39 is 30.5 Å². The van der Waals surface area contributed by atoms with Gasteiger partial charge in [0.25, 0.3) is 0 Å². The fraction of sp³-hybridized carbons (Fsp3) is 0.529. The van der Waals surface area contributed by atoms with Crippen molar-refractivity contribution < 1.29 is 28.5 Å². The first-order chi connectivity index (χ1) is 11.5. The predicted octanol–water partition coefficient (Wildman–Crippen LogP) is 1.01. The zero-order chi connectivity index (χ0) is 17.5. The van der Waals surface area contributed by atoms with E-state index in [1.54, 1.807) is 0 Å². The zero-order valence-electron chi connectivity index (χ0n) is 14.1. The Morgan fingerprint density at radius 1 is 1.21 bits per heavy atom. The molecule has 1 aliphatic heterocycles. The molecule has 1 aliphatic rings. The van der Waals surface area contributed by atoms with E-state index in [1.165, 1.54) is 21.0 Å². The number of rotatable bonds is 7. The highest BCUT2D eigenvalue weighted by molar-refractivity contribution is 5.73. The summed E-state index contributed by atoms with van der Waals surface area (Å²) < 4.78 is 21.9. The van der Waals surface area contributed by atoms with Gasteiger partial charge in [-0.25, -0.2) is 0 Å². The van der Waals surface area contributed by atoms with E-state index in [2.05, 4.69) is 5.32 Å². The first-order valence-electron chi connectivity index (χ1n) is 7.75. The summed E-state index contributed by atoms with van der Waals surface area (Å²) >= 11 is 0. The third-order valence-electron chi connectivity index (χ3n) is 3.63. The van der Waals surface area contributed by atoms with Crippen LogP contribution in [0.3, 0.4) is 0 Å². The van der Waals surface area contributed by atoms with Crippen LogP contribution in [0.5, 0.6) is 0 Å². The van der Waals surface area contributed by atoms with Gasteiger partial charge in [0, 0.05) is 21.0 Å². The average molecular weight is 337 g/mol. The Kier molecular flexibility index (Phi) is 6.72. The maximum atomic E-state index is 11.5. The molecule has 0 aliphatic carbocycles. The number of amides is 1. The summed E-state index contributed by atoms with van der Waals surface area (Å²) in [5.74, 6) is -0.711. The van der Waals surface area contributed by atoms with E-state index in [1.807, 2.05) is 30.3 Å². The smallest absolute Gasteiger partial charge is 0.303 e. The van der Waals surface area contributed by atoms with Crippen molar-refractivity contribution >= 4 is 11.9 Å². The molecule has 7 nitrogen and oxygen atoms in total. The SMILES string of the molecule is CO[C@H]1O[C@H](COCc2ccccc2)[C@@H](NC(C)=O)[C@@H]1OC(C)=O. The van der Waals surface area contributed by atoms with Crippen LogP contribution in [0.4, 0.5) is 0 Å². The molecule has 0 radical (unpaired) electrons. The zero-order valence-corrected chi connectivity index (χ0v) is 14.1. The van der Waals surface area contributed by atoms with E-state index >= 15 is 0 Å². The number of esters is 1. The lowest BCUT2D eigenvalue weighted by atomic mass is 10.1. The summed E-state index contributed by atoms with van der Waals surface area (Å²) in [4.78, 5) is 22.8. The molecule has 0 unspecified atom stereocenters. The summed E-state index contributed by atoms with van der Waals surface area (Å²) in [5.41, 5.74) is 1.03. The van der Waals surface area contributed by atoms with E-state index in [0.29, 0.717) is 6.61 Å². The van der Waals surface area contributed by atoms with Crippen molar-refractivity contribution in [1.82, 2.24) is 5.32 Å². The highest BCUT2D eigenvalue weighted by Gasteiger charge is 2.47. The highest BCUT2D eigenvalue weighted by Crippen LogP contribution is 2.25. The van der Waals surface area contributed by atoms with E-state index in [0.717, 1.165) is 5.56 Å². The third-order valence-corrected chi connectivity index (χ3v) is 3.63. The van der Waals surface area contributed by atoms with Gasteiger partial charge < -0.3 is 24.3 Å². The van der Waals surface area contributed by atoms with Crippen LogP contribution in [-0.2, 0) is 35.1 Å². The number of methoxy groups -OCH3 is 1. The van der Waals surface area contributed by atoms with E-state index in [-0.39, 0.29) is 12.5 Å². The molecule has 1 amide bonds. The number of hydrogen-bond acceptors (Lipinski definition) is 6. The molecular weight excluding hydrogens is 314 g/mol. The van der Waals surface area contributed by atoms with Crippen LogP contribution in [0.25, 0.3) is 0 Å². The monoisotopic (exact) mass is 337 g/mol. The van der Waals surface area contributed by atoms with Crippen molar-refractivity contribution in [3.05, 3.63) is 35.9 Å². The van der Waals surface area contributed by atoms with Crippen molar-refractivity contribution in [3.8, 4) is 0 Å². The molecule has 0 aromatic heterocycles. The van der Waals surface area contributed by atoms with Crippen LogP contribution in [-0.4, -0.2) is 50.1 Å². The first-order valence-corrected chi connectivity index (χ1v) is 7.75. The van der Waals surface area contributed by atoms with Gasteiger partial charge >= 0.3 is 5.97 Å². The third kappa shape index (κ3) is 5.02. The van der Waals surface area contributed by atoms with Crippen LogP contribution in [0.2, 0.25) is 0 Å². The van der Waals surface area contributed by atoms with Gasteiger partial charge in [0.1, 0.15) is 6.10 Å². The molecule has 132 valence electrons. The second-order valence-corrected chi connectivity index (χ2v) is 5.58. The molecule has 1 aromatic rings. The fourth-order valence-electron chi connectivity index (χ4n) is 2.65. The lowest BCUT2D eigenvalue weighted by molar-refractivity contribution is -0.179. The molecule has 4 atom stereocenters. The van der Waals surface area contributed by atoms with E-state index in [4.69, 9.17) is 18.9 Å². The quantitative estimate of drug-likeness (QED) is 0.748. The van der Waals surface area contributed by atoms with Gasteiger partial charge in [-0.1, -0.05) is 30.3 Å².